The van der Waals surface area contributed by atoms with Crippen LogP contribution in [0.1, 0.15) is 104 Å². The predicted octanol–water partition coefficient (Wildman–Crippen LogP) is 16.7. The molecule has 0 fully saturated rings. The number of para-hydroxylation sites is 2. The van der Waals surface area contributed by atoms with Crippen LogP contribution in [0.4, 0.5) is 0 Å². The molecule has 0 unspecified atom stereocenters. The van der Waals surface area contributed by atoms with Crippen molar-refractivity contribution < 1.29 is 28.9 Å². The van der Waals surface area contributed by atoms with Crippen LogP contribution in [-0.2, 0) is 30.9 Å². The van der Waals surface area contributed by atoms with Crippen molar-refractivity contribution in [1.82, 2.24) is 19.5 Å². The van der Waals surface area contributed by atoms with Gasteiger partial charge in [0.15, 0.2) is 0 Å². The molecular formula is C61H56IrN4O2-2. The largest absolute Gasteiger partial charge is 0.501 e. The fourth-order valence-electron chi connectivity index (χ4n) is 9.15. The summed E-state index contributed by atoms with van der Waals surface area (Å²) in [5.41, 5.74) is 12.2. The smallest absolute Gasteiger partial charge is 0.134 e. The molecule has 68 heavy (non-hydrogen) atoms. The van der Waals surface area contributed by atoms with Crippen LogP contribution in [0.25, 0.3) is 94.2 Å². The average Bonchev–Trinajstić information content (AvgIpc) is 4.07. The summed E-state index contributed by atoms with van der Waals surface area (Å²) < 4.78 is 15.7. The van der Waals surface area contributed by atoms with Gasteiger partial charge in [-0.05, 0) is 98.7 Å². The van der Waals surface area contributed by atoms with E-state index in [4.69, 9.17) is 13.8 Å². The molecule has 0 aliphatic rings. The van der Waals surface area contributed by atoms with Crippen LogP contribution >= 0.6 is 0 Å². The third-order valence-corrected chi connectivity index (χ3v) is 12.8. The summed E-state index contributed by atoms with van der Waals surface area (Å²) in [6, 6.07) is 55.5. The Labute approximate surface area is 412 Å². The Morgan fingerprint density at radius 2 is 1.31 bits per heavy atom. The summed E-state index contributed by atoms with van der Waals surface area (Å²) in [6.07, 6.45) is 1.62. The van der Waals surface area contributed by atoms with Crippen LogP contribution in [0.3, 0.4) is 0 Å². The maximum absolute atomic E-state index is 6.85. The first kappa shape index (κ1) is 46.4. The van der Waals surface area contributed by atoms with Crippen LogP contribution in [-0.4, -0.2) is 19.5 Å². The SMILES string of the molecule is CC(C)(C)c1cc(-c2[c-]cccc2)ncn1.CC(C)c1cc(-c2ccc(C(C)(C)C)o2)cc(C(C)C)c1-n1c(-c2[c-]ccc3c2oc2cc4c(ccc5ccccc54)cc23)nc2ccccc21.[Ir]. The van der Waals surface area contributed by atoms with Crippen LogP contribution in [0.15, 0.2) is 155 Å². The fraction of sp³-hybridized carbons (Fsp3) is 0.230. The minimum absolute atomic E-state index is 0. The first-order valence-corrected chi connectivity index (χ1v) is 23.4. The molecule has 4 heterocycles. The molecule has 343 valence electrons. The second-order valence-electron chi connectivity index (χ2n) is 20.4. The number of fused-ring (bicyclic) bond motifs is 7. The van der Waals surface area contributed by atoms with Gasteiger partial charge in [0.05, 0.1) is 22.4 Å². The van der Waals surface area contributed by atoms with E-state index in [9.17, 15) is 0 Å². The van der Waals surface area contributed by atoms with Crippen molar-refractivity contribution in [2.24, 2.45) is 0 Å². The second kappa shape index (κ2) is 18.1. The normalized spacial score (nSPS) is 12.1. The molecule has 7 aromatic carbocycles. The summed E-state index contributed by atoms with van der Waals surface area (Å²) in [5, 5.41) is 6.97. The Morgan fingerprint density at radius 3 is 2.01 bits per heavy atom. The summed E-state index contributed by atoms with van der Waals surface area (Å²) >= 11 is 0. The van der Waals surface area contributed by atoms with E-state index in [1.165, 1.54) is 32.7 Å². The Kier molecular flexibility index (Phi) is 12.4. The number of hydrogen-bond donors (Lipinski definition) is 0. The minimum atomic E-state index is -0.0702. The Bertz CT molecular complexity index is 3590. The van der Waals surface area contributed by atoms with Crippen molar-refractivity contribution in [3.63, 3.8) is 0 Å². The molecule has 0 atom stereocenters. The van der Waals surface area contributed by atoms with Gasteiger partial charge in [0, 0.05) is 53.3 Å². The Balaban J connectivity index is 0.000000289. The van der Waals surface area contributed by atoms with E-state index < -0.39 is 0 Å². The van der Waals surface area contributed by atoms with Crippen molar-refractivity contribution in [1.29, 1.82) is 0 Å². The molecule has 0 aliphatic carbocycles. The van der Waals surface area contributed by atoms with Gasteiger partial charge in [0.2, 0.25) is 0 Å². The molecule has 0 spiro atoms. The first-order valence-electron chi connectivity index (χ1n) is 23.4. The molecule has 7 heteroatoms. The topological polar surface area (TPSA) is 69.9 Å². The van der Waals surface area contributed by atoms with Crippen LogP contribution in [0.5, 0.6) is 0 Å². The third kappa shape index (κ3) is 8.59. The van der Waals surface area contributed by atoms with Gasteiger partial charge < -0.3 is 13.4 Å². The number of hydrogen-bond acceptors (Lipinski definition) is 5. The fourth-order valence-corrected chi connectivity index (χ4v) is 9.15. The van der Waals surface area contributed by atoms with E-state index in [2.05, 4.69) is 199 Å². The van der Waals surface area contributed by atoms with Gasteiger partial charge in [0.1, 0.15) is 23.4 Å². The van der Waals surface area contributed by atoms with Crippen molar-refractivity contribution in [3.8, 4) is 39.7 Å². The summed E-state index contributed by atoms with van der Waals surface area (Å²) in [4.78, 5) is 13.9. The van der Waals surface area contributed by atoms with Gasteiger partial charge in [-0.3, -0.25) is 9.97 Å². The van der Waals surface area contributed by atoms with Crippen LogP contribution in [0, 0.1) is 12.1 Å². The number of imidazole rings is 1. The van der Waals surface area contributed by atoms with E-state index in [1.807, 2.05) is 36.4 Å². The average molecular weight is 1070 g/mol. The van der Waals surface area contributed by atoms with Gasteiger partial charge in [-0.15, -0.1) is 54.1 Å². The quantitative estimate of drug-likeness (QED) is 0.123. The van der Waals surface area contributed by atoms with E-state index >= 15 is 0 Å². The van der Waals surface area contributed by atoms with E-state index in [-0.39, 0.29) is 42.8 Å². The number of nitrogens with zero attached hydrogens (tertiary/aromatic N) is 4. The third-order valence-electron chi connectivity index (χ3n) is 12.8. The van der Waals surface area contributed by atoms with E-state index in [0.29, 0.717) is 0 Å². The second-order valence-corrected chi connectivity index (χ2v) is 20.4. The number of aromatic nitrogens is 4. The molecule has 0 N–H and O–H groups in total. The van der Waals surface area contributed by atoms with Crippen LogP contribution < -0.4 is 0 Å². The van der Waals surface area contributed by atoms with Gasteiger partial charge in [-0.1, -0.05) is 135 Å². The standard InChI is InChI=1S/C47H41N2O2.C14H15N2.Ir/c1-27(2)35-24-31(41-21-22-43(50-41)47(5,6)7)25-36(28(3)4)44(35)49-40-18-11-10-17-39(40)48-46(49)34-16-12-15-33-38-23-30-20-19-29-13-8-9-14-32(29)37(30)26-42(38)51-45(33)34;1-14(2,3)13-9-12(15-10-16-13)11-7-5-4-6-8-11;/h8-15,17-28H,1-7H3;4-7,9-10H,1-3H3;/q2*-1;. The van der Waals surface area contributed by atoms with Gasteiger partial charge in [-0.2, -0.15) is 0 Å². The molecule has 1 radical (unpaired) electrons. The van der Waals surface area contributed by atoms with Crippen LogP contribution in [0.2, 0.25) is 0 Å². The van der Waals surface area contributed by atoms with E-state index in [0.717, 1.165) is 84.1 Å². The molecule has 4 aromatic heterocycles. The molecule has 0 aliphatic heterocycles. The predicted molar refractivity (Wildman–Crippen MR) is 277 cm³/mol. The first-order chi connectivity index (χ1) is 32.1. The molecule has 0 bridgehead atoms. The Morgan fingerprint density at radius 1 is 0.588 bits per heavy atom. The summed E-state index contributed by atoms with van der Waals surface area (Å²) in [7, 11) is 0. The minimum Gasteiger partial charge on any atom is -0.501 e. The number of rotatable bonds is 6. The zero-order valence-corrected chi connectivity index (χ0v) is 42.8. The van der Waals surface area contributed by atoms with E-state index in [1.54, 1.807) is 6.33 Å². The molecule has 6 nitrogen and oxygen atoms in total. The monoisotopic (exact) mass is 1070 g/mol. The van der Waals surface area contributed by atoms with Crippen molar-refractivity contribution in [2.75, 3.05) is 0 Å². The van der Waals surface area contributed by atoms with Crippen molar-refractivity contribution in [2.45, 2.75) is 91.9 Å². The summed E-state index contributed by atoms with van der Waals surface area (Å²) in [6.45, 7) is 22.1. The zero-order valence-electron chi connectivity index (χ0n) is 40.4. The molecule has 0 saturated carbocycles. The molecule has 0 amide bonds. The number of furan rings is 2. The number of benzene rings is 7. The summed E-state index contributed by atoms with van der Waals surface area (Å²) in [5.74, 6) is 3.16. The maximum atomic E-state index is 6.85. The van der Waals surface area contributed by atoms with Crippen molar-refractivity contribution >= 4 is 54.5 Å². The molecule has 11 aromatic rings. The molecule has 0 saturated heterocycles. The van der Waals surface area contributed by atoms with Gasteiger partial charge >= 0.3 is 0 Å². The van der Waals surface area contributed by atoms with Gasteiger partial charge in [-0.25, -0.2) is 4.98 Å². The van der Waals surface area contributed by atoms with Crippen molar-refractivity contribution in [3.05, 3.63) is 181 Å². The zero-order chi connectivity index (χ0) is 46.8. The Hall–Kier alpha value is -6.66. The maximum Gasteiger partial charge on any atom is 0.134 e. The molecule has 11 rings (SSSR count). The van der Waals surface area contributed by atoms with Gasteiger partial charge in [0.25, 0.3) is 0 Å². The molecular weight excluding hydrogens is 1010 g/mol.